The van der Waals surface area contributed by atoms with Gasteiger partial charge in [0, 0.05) is 10.6 Å². The minimum atomic E-state index is -0.328. The Kier molecular flexibility index (Phi) is 5.55. The molecule has 0 unspecified atom stereocenters. The first kappa shape index (κ1) is 16.0. The van der Waals surface area contributed by atoms with Crippen LogP contribution < -0.4 is 10.2 Å². The van der Waals surface area contributed by atoms with E-state index in [1.165, 1.54) is 6.21 Å². The van der Waals surface area contributed by atoms with Crippen LogP contribution in [0.2, 0.25) is 5.02 Å². The van der Waals surface area contributed by atoms with Gasteiger partial charge in [0.1, 0.15) is 5.75 Å². The number of hydrazone groups is 1. The third-order valence-corrected chi connectivity index (χ3v) is 3.40. The third-order valence-electron chi connectivity index (χ3n) is 3.05. The van der Waals surface area contributed by atoms with Crippen LogP contribution in [0.5, 0.6) is 5.75 Å². The number of hydrogen-bond donors (Lipinski definition) is 1. The molecule has 4 nitrogen and oxygen atoms in total. The van der Waals surface area contributed by atoms with Crippen molar-refractivity contribution in [2.24, 2.45) is 5.10 Å². The second kappa shape index (κ2) is 7.61. The maximum atomic E-state index is 11.7. The van der Waals surface area contributed by atoms with Crippen LogP contribution in [0.25, 0.3) is 0 Å². The zero-order valence-electron chi connectivity index (χ0n) is 12.5. The van der Waals surface area contributed by atoms with E-state index >= 15 is 0 Å². The predicted octanol–water partition coefficient (Wildman–Crippen LogP) is 3.49. The van der Waals surface area contributed by atoms with Crippen LogP contribution in [0.4, 0.5) is 0 Å². The highest BCUT2D eigenvalue weighted by molar-refractivity contribution is 6.33. The Morgan fingerprint density at radius 2 is 1.86 bits per heavy atom. The van der Waals surface area contributed by atoms with Crippen LogP contribution in [0.15, 0.2) is 47.6 Å². The van der Waals surface area contributed by atoms with Crippen molar-refractivity contribution in [3.05, 3.63) is 64.2 Å². The maximum Gasteiger partial charge on any atom is 0.277 e. The molecule has 1 amide bonds. The molecule has 0 aromatic heterocycles. The average molecular weight is 317 g/mol. The first-order valence-electron chi connectivity index (χ1n) is 6.83. The van der Waals surface area contributed by atoms with E-state index in [1.807, 2.05) is 50.2 Å². The Hall–Kier alpha value is -2.33. The molecule has 2 aromatic rings. The Balaban J connectivity index is 1.88. The number of hydrogen-bond acceptors (Lipinski definition) is 3. The van der Waals surface area contributed by atoms with Crippen LogP contribution in [-0.4, -0.2) is 18.7 Å². The van der Waals surface area contributed by atoms with Crippen molar-refractivity contribution in [3.8, 4) is 5.75 Å². The number of carbonyl (C=O) groups excluding carboxylic acids is 1. The fourth-order valence-electron chi connectivity index (χ4n) is 1.95. The van der Waals surface area contributed by atoms with E-state index < -0.39 is 0 Å². The second-order valence-corrected chi connectivity index (χ2v) is 5.23. The van der Waals surface area contributed by atoms with Crippen LogP contribution >= 0.6 is 11.6 Å². The highest BCUT2D eigenvalue weighted by Gasteiger charge is 2.06. The van der Waals surface area contributed by atoms with E-state index in [9.17, 15) is 4.79 Å². The van der Waals surface area contributed by atoms with E-state index in [4.69, 9.17) is 16.3 Å². The molecule has 0 bridgehead atoms. The zero-order chi connectivity index (χ0) is 15.9. The van der Waals surface area contributed by atoms with Gasteiger partial charge < -0.3 is 4.74 Å². The summed E-state index contributed by atoms with van der Waals surface area (Å²) in [6.45, 7) is 3.79. The number of halogens is 1. The van der Waals surface area contributed by atoms with Crippen LogP contribution in [0, 0.1) is 13.8 Å². The van der Waals surface area contributed by atoms with Crippen molar-refractivity contribution >= 4 is 23.7 Å². The van der Waals surface area contributed by atoms with Gasteiger partial charge in [-0.05, 0) is 31.0 Å². The van der Waals surface area contributed by atoms with Crippen molar-refractivity contribution in [2.45, 2.75) is 13.8 Å². The van der Waals surface area contributed by atoms with Crippen molar-refractivity contribution in [1.82, 2.24) is 5.43 Å². The van der Waals surface area contributed by atoms with E-state index in [0.717, 1.165) is 22.4 Å². The Labute approximate surface area is 134 Å². The molecule has 2 rings (SSSR count). The van der Waals surface area contributed by atoms with E-state index in [-0.39, 0.29) is 12.5 Å². The monoisotopic (exact) mass is 316 g/mol. The highest BCUT2D eigenvalue weighted by atomic mass is 35.5. The molecule has 5 heteroatoms. The molecule has 0 fully saturated rings. The lowest BCUT2D eigenvalue weighted by atomic mass is 10.1. The van der Waals surface area contributed by atoms with E-state index in [1.54, 1.807) is 6.07 Å². The molecular formula is C17H17ClN2O2. The average Bonchev–Trinajstić information content (AvgIpc) is 2.49. The number of para-hydroxylation sites is 1. The summed E-state index contributed by atoms with van der Waals surface area (Å²) in [5, 5.41) is 4.45. The van der Waals surface area contributed by atoms with Crippen LogP contribution in [0.1, 0.15) is 16.7 Å². The molecule has 114 valence electrons. The van der Waals surface area contributed by atoms with E-state index in [2.05, 4.69) is 10.5 Å². The molecule has 0 aliphatic carbocycles. The molecule has 0 saturated heterocycles. The van der Waals surface area contributed by atoms with Crippen LogP contribution in [0.3, 0.4) is 0 Å². The van der Waals surface area contributed by atoms with Gasteiger partial charge in [-0.2, -0.15) is 5.10 Å². The second-order valence-electron chi connectivity index (χ2n) is 4.82. The van der Waals surface area contributed by atoms with Crippen molar-refractivity contribution in [2.75, 3.05) is 6.61 Å². The molecule has 2 aromatic carbocycles. The van der Waals surface area contributed by atoms with Gasteiger partial charge in [-0.25, -0.2) is 5.43 Å². The molecular weight excluding hydrogens is 300 g/mol. The molecule has 0 radical (unpaired) electrons. The topological polar surface area (TPSA) is 50.7 Å². The number of rotatable bonds is 5. The molecule has 0 spiro atoms. The number of amides is 1. The Morgan fingerprint density at radius 3 is 2.55 bits per heavy atom. The number of nitrogens with zero attached hydrogens (tertiary/aromatic N) is 1. The lowest BCUT2D eigenvalue weighted by Crippen LogP contribution is -2.25. The summed E-state index contributed by atoms with van der Waals surface area (Å²) in [7, 11) is 0. The van der Waals surface area contributed by atoms with Gasteiger partial charge in [-0.3, -0.25) is 4.79 Å². The SMILES string of the molecule is Cc1cccc(C)c1OCC(=O)N/N=C\c1ccccc1Cl. The number of aryl methyl sites for hydroxylation is 2. The van der Waals surface area contributed by atoms with Gasteiger partial charge in [-0.1, -0.05) is 48.0 Å². The summed E-state index contributed by atoms with van der Waals surface area (Å²) in [5.41, 5.74) is 5.14. The minimum absolute atomic E-state index is 0.0917. The normalized spacial score (nSPS) is 10.7. The summed E-state index contributed by atoms with van der Waals surface area (Å²) in [6.07, 6.45) is 1.50. The fraction of sp³-hybridized carbons (Fsp3) is 0.176. The standard InChI is InChI=1S/C17H17ClN2O2/c1-12-6-5-7-13(2)17(12)22-11-16(21)20-19-10-14-8-3-4-9-15(14)18/h3-10H,11H2,1-2H3,(H,20,21)/b19-10-. The zero-order valence-corrected chi connectivity index (χ0v) is 13.2. The quantitative estimate of drug-likeness (QED) is 0.678. The molecule has 22 heavy (non-hydrogen) atoms. The largest absolute Gasteiger partial charge is 0.483 e. The summed E-state index contributed by atoms with van der Waals surface area (Å²) >= 11 is 5.99. The first-order chi connectivity index (χ1) is 10.6. The van der Waals surface area contributed by atoms with Gasteiger partial charge in [-0.15, -0.1) is 0 Å². The lowest BCUT2D eigenvalue weighted by Gasteiger charge is -2.10. The summed E-state index contributed by atoms with van der Waals surface area (Å²) < 4.78 is 5.54. The lowest BCUT2D eigenvalue weighted by molar-refractivity contribution is -0.123. The highest BCUT2D eigenvalue weighted by Crippen LogP contribution is 2.21. The third kappa shape index (κ3) is 4.33. The van der Waals surface area contributed by atoms with Crippen molar-refractivity contribution in [1.29, 1.82) is 0 Å². The number of carbonyl (C=O) groups is 1. The number of benzene rings is 2. The Bertz CT molecular complexity index is 679. The summed E-state index contributed by atoms with van der Waals surface area (Å²) in [6, 6.07) is 13.1. The molecule has 0 aliphatic heterocycles. The van der Waals surface area contributed by atoms with Gasteiger partial charge in [0.25, 0.3) is 5.91 Å². The molecule has 0 saturated carbocycles. The number of nitrogens with one attached hydrogen (secondary N) is 1. The van der Waals surface area contributed by atoms with E-state index in [0.29, 0.717) is 5.02 Å². The molecule has 1 N–H and O–H groups in total. The van der Waals surface area contributed by atoms with Gasteiger partial charge >= 0.3 is 0 Å². The van der Waals surface area contributed by atoms with Gasteiger partial charge in [0.2, 0.25) is 0 Å². The minimum Gasteiger partial charge on any atom is -0.483 e. The summed E-state index contributed by atoms with van der Waals surface area (Å²) in [5.74, 6) is 0.402. The van der Waals surface area contributed by atoms with Gasteiger partial charge in [0.05, 0.1) is 6.21 Å². The maximum absolute atomic E-state index is 11.7. The van der Waals surface area contributed by atoms with Crippen LogP contribution in [-0.2, 0) is 4.79 Å². The predicted molar refractivity (Wildman–Crippen MR) is 88.6 cm³/mol. The van der Waals surface area contributed by atoms with Crippen molar-refractivity contribution < 1.29 is 9.53 Å². The first-order valence-corrected chi connectivity index (χ1v) is 7.21. The van der Waals surface area contributed by atoms with Gasteiger partial charge in [0.15, 0.2) is 6.61 Å². The smallest absolute Gasteiger partial charge is 0.277 e. The number of ether oxygens (including phenoxy) is 1. The van der Waals surface area contributed by atoms with Crippen molar-refractivity contribution in [3.63, 3.8) is 0 Å². The fourth-order valence-corrected chi connectivity index (χ4v) is 2.13. The molecule has 0 heterocycles. The molecule has 0 aliphatic rings. The summed E-state index contributed by atoms with van der Waals surface area (Å²) in [4.78, 5) is 11.7. The molecule has 0 atom stereocenters. The Morgan fingerprint density at radius 1 is 1.18 bits per heavy atom.